The fraction of sp³-hybridized carbons (Fsp3) is 0.800. The third kappa shape index (κ3) is 2.05. The number of carbonyl (C=O) groups excluding carboxylic acids is 1. The van der Waals surface area contributed by atoms with Crippen LogP contribution >= 0.6 is 0 Å². The average molecular weight is 267 g/mol. The lowest BCUT2D eigenvalue weighted by Gasteiger charge is -2.51. The molecule has 0 radical (unpaired) electrons. The van der Waals surface area contributed by atoms with Crippen LogP contribution in [0.3, 0.4) is 0 Å². The summed E-state index contributed by atoms with van der Waals surface area (Å²) in [4.78, 5) is 21.9. The summed E-state index contributed by atoms with van der Waals surface area (Å²) in [6, 6.07) is 0. The number of carboxylic acid groups (broad SMARTS) is 1. The number of rotatable bonds is 2. The molecular formula is C10H12F3NO4. The number of hydrogen-bond donors (Lipinski definition) is 2. The lowest BCUT2D eigenvalue weighted by Crippen LogP contribution is -2.66. The van der Waals surface area contributed by atoms with Gasteiger partial charge < -0.3 is 15.2 Å². The lowest BCUT2D eigenvalue weighted by molar-refractivity contribution is -0.216. The molecule has 1 aliphatic carbocycles. The van der Waals surface area contributed by atoms with Crippen LogP contribution in [-0.4, -0.2) is 40.9 Å². The third-order valence-electron chi connectivity index (χ3n) is 3.68. The lowest BCUT2D eigenvalue weighted by atomic mass is 9.69. The Balaban J connectivity index is 2.13. The predicted molar refractivity (Wildman–Crippen MR) is 52.1 cm³/mol. The van der Waals surface area contributed by atoms with E-state index in [1.807, 2.05) is 0 Å². The minimum absolute atomic E-state index is 0.106. The number of halogens is 3. The van der Waals surface area contributed by atoms with Gasteiger partial charge in [0.25, 0.3) is 5.78 Å². The summed E-state index contributed by atoms with van der Waals surface area (Å²) >= 11 is 0. The maximum absolute atomic E-state index is 12.4. The number of amides is 1. The van der Waals surface area contributed by atoms with E-state index >= 15 is 0 Å². The average Bonchev–Trinajstić information content (AvgIpc) is 2.28. The second-order valence-electron chi connectivity index (χ2n) is 4.82. The zero-order valence-corrected chi connectivity index (χ0v) is 9.34. The van der Waals surface area contributed by atoms with Crippen molar-refractivity contribution in [3.63, 3.8) is 0 Å². The molecule has 1 saturated carbocycles. The first-order valence-corrected chi connectivity index (χ1v) is 5.46. The molecule has 8 heteroatoms. The van der Waals surface area contributed by atoms with E-state index in [-0.39, 0.29) is 32.3 Å². The molecular weight excluding hydrogens is 255 g/mol. The Kier molecular flexibility index (Phi) is 2.80. The van der Waals surface area contributed by atoms with Gasteiger partial charge in [-0.05, 0) is 25.7 Å². The molecule has 0 aromatic heterocycles. The van der Waals surface area contributed by atoms with Gasteiger partial charge in [0.15, 0.2) is 0 Å². The topological polar surface area (TPSA) is 75.6 Å². The minimum atomic E-state index is -4.92. The van der Waals surface area contributed by atoms with Crippen LogP contribution in [0.15, 0.2) is 0 Å². The van der Waals surface area contributed by atoms with Crippen LogP contribution in [0.25, 0.3) is 0 Å². The van der Waals surface area contributed by atoms with Crippen molar-refractivity contribution in [3.8, 4) is 0 Å². The van der Waals surface area contributed by atoms with Gasteiger partial charge in [0.2, 0.25) is 0 Å². The van der Waals surface area contributed by atoms with E-state index in [0.717, 1.165) is 0 Å². The van der Waals surface area contributed by atoms with Gasteiger partial charge in [-0.3, -0.25) is 4.79 Å². The van der Waals surface area contributed by atoms with Crippen molar-refractivity contribution in [2.45, 2.75) is 43.0 Å². The summed E-state index contributed by atoms with van der Waals surface area (Å²) < 4.78 is 42.4. The maximum atomic E-state index is 12.4. The van der Waals surface area contributed by atoms with Gasteiger partial charge in [-0.2, -0.15) is 13.2 Å². The number of fused-ring (bicyclic) bond motifs is 3. The van der Waals surface area contributed by atoms with Crippen molar-refractivity contribution in [3.05, 3.63) is 0 Å². The number of Topliss-reactive ketones (excluding diaryl/α,β-unsaturated/α-hetero) is 1. The van der Waals surface area contributed by atoms with Gasteiger partial charge in [-0.15, -0.1) is 0 Å². The molecule has 0 aromatic carbocycles. The van der Waals surface area contributed by atoms with Crippen molar-refractivity contribution >= 4 is 11.9 Å². The van der Waals surface area contributed by atoms with E-state index in [4.69, 9.17) is 9.84 Å². The molecule has 5 nitrogen and oxygen atoms in total. The van der Waals surface area contributed by atoms with Gasteiger partial charge in [0, 0.05) is 0 Å². The fourth-order valence-corrected chi connectivity index (χ4v) is 2.64. The van der Waals surface area contributed by atoms with Crippen molar-refractivity contribution in [1.82, 2.24) is 5.32 Å². The summed E-state index contributed by atoms with van der Waals surface area (Å²) in [7, 11) is 0. The van der Waals surface area contributed by atoms with Crippen LogP contribution in [0.5, 0.6) is 0 Å². The van der Waals surface area contributed by atoms with Gasteiger partial charge in [-0.25, -0.2) is 4.79 Å². The predicted octanol–water partition coefficient (Wildman–Crippen LogP) is 1.47. The molecule has 0 aromatic rings. The summed E-state index contributed by atoms with van der Waals surface area (Å²) in [5, 5.41) is 10.9. The third-order valence-corrected chi connectivity index (χ3v) is 3.68. The smallest absolute Gasteiger partial charge is 0.453 e. The molecule has 2 saturated heterocycles. The second-order valence-corrected chi connectivity index (χ2v) is 4.82. The second kappa shape index (κ2) is 3.84. The van der Waals surface area contributed by atoms with Gasteiger partial charge in [0.05, 0.1) is 12.1 Å². The van der Waals surface area contributed by atoms with E-state index in [9.17, 15) is 22.8 Å². The molecule has 0 spiro atoms. The van der Waals surface area contributed by atoms with Crippen LogP contribution in [0.1, 0.15) is 25.7 Å². The standard InChI is InChI=1S/C10H12F3NO4/c11-10(12,13)6(15)9-3-1-8(2-4-9,5-18-9)14-7(16)17/h14H,1-5H2,(H,16,17). The highest BCUT2D eigenvalue weighted by Gasteiger charge is 2.60. The van der Waals surface area contributed by atoms with E-state index in [1.165, 1.54) is 0 Å². The van der Waals surface area contributed by atoms with Crippen molar-refractivity contribution in [2.75, 3.05) is 6.61 Å². The molecule has 2 N–H and O–H groups in total. The van der Waals surface area contributed by atoms with Crippen LogP contribution in [0.4, 0.5) is 18.0 Å². The summed E-state index contributed by atoms with van der Waals surface area (Å²) in [6.45, 7) is -0.193. The SMILES string of the molecule is O=C(O)NC12CCC(C(=O)C(F)(F)F)(CC1)OC2. The molecule has 3 aliphatic rings. The molecule has 3 fully saturated rings. The van der Waals surface area contributed by atoms with Gasteiger partial charge in [0.1, 0.15) is 5.60 Å². The van der Waals surface area contributed by atoms with E-state index in [2.05, 4.69) is 5.32 Å². The number of carbonyl (C=O) groups is 2. The van der Waals surface area contributed by atoms with E-state index in [1.54, 1.807) is 0 Å². The van der Waals surface area contributed by atoms with Crippen LogP contribution in [-0.2, 0) is 9.53 Å². The van der Waals surface area contributed by atoms with Crippen molar-refractivity contribution in [1.29, 1.82) is 0 Å². The first-order chi connectivity index (χ1) is 8.19. The molecule has 3 rings (SSSR count). The van der Waals surface area contributed by atoms with Gasteiger partial charge in [-0.1, -0.05) is 0 Å². The number of hydrogen-bond acceptors (Lipinski definition) is 3. The van der Waals surface area contributed by atoms with Gasteiger partial charge >= 0.3 is 12.3 Å². The van der Waals surface area contributed by atoms with Crippen molar-refractivity contribution in [2.24, 2.45) is 0 Å². The number of ketones is 1. The highest BCUT2D eigenvalue weighted by molar-refractivity contribution is 5.92. The maximum Gasteiger partial charge on any atom is 0.453 e. The summed E-state index contributed by atoms with van der Waals surface area (Å²) in [5.74, 6) is -1.86. The minimum Gasteiger partial charge on any atom is -0.465 e. The Morgan fingerprint density at radius 2 is 1.72 bits per heavy atom. The highest BCUT2D eigenvalue weighted by Crippen LogP contribution is 2.46. The van der Waals surface area contributed by atoms with E-state index in [0.29, 0.717) is 0 Å². The summed E-state index contributed by atoms with van der Waals surface area (Å²) in [6.07, 6.45) is -6.01. The molecule has 1 amide bonds. The first kappa shape index (κ1) is 13.1. The molecule has 0 unspecified atom stereocenters. The number of nitrogens with one attached hydrogen (secondary N) is 1. The highest BCUT2D eigenvalue weighted by atomic mass is 19.4. The molecule has 2 bridgehead atoms. The van der Waals surface area contributed by atoms with Crippen molar-refractivity contribution < 1.29 is 32.6 Å². The largest absolute Gasteiger partial charge is 0.465 e. The fourth-order valence-electron chi connectivity index (χ4n) is 2.64. The Bertz CT molecular complexity index is 369. The number of alkyl halides is 3. The Labute approximate surface area is 100 Å². The van der Waals surface area contributed by atoms with Crippen LogP contribution in [0, 0.1) is 0 Å². The Hall–Kier alpha value is -1.31. The first-order valence-electron chi connectivity index (χ1n) is 5.46. The normalized spacial score (nSPS) is 35.3. The molecule has 18 heavy (non-hydrogen) atoms. The zero-order chi connectivity index (χ0) is 13.6. The van der Waals surface area contributed by atoms with E-state index < -0.39 is 29.2 Å². The quantitative estimate of drug-likeness (QED) is 0.794. The molecule has 0 atom stereocenters. The van der Waals surface area contributed by atoms with Crippen LogP contribution in [0.2, 0.25) is 0 Å². The monoisotopic (exact) mass is 267 g/mol. The zero-order valence-electron chi connectivity index (χ0n) is 9.34. The summed E-state index contributed by atoms with van der Waals surface area (Å²) in [5.41, 5.74) is -2.65. The molecule has 2 heterocycles. The molecule has 2 aliphatic heterocycles. The Morgan fingerprint density at radius 1 is 1.17 bits per heavy atom. The molecule has 102 valence electrons. The number of ether oxygens (including phenoxy) is 1. The Morgan fingerprint density at radius 3 is 2.06 bits per heavy atom. The van der Waals surface area contributed by atoms with Crippen LogP contribution < -0.4 is 5.32 Å².